The predicted octanol–water partition coefficient (Wildman–Crippen LogP) is 4.69. The number of aromatic amines is 1. The molecule has 1 aliphatic rings. The molecule has 1 amide bonds. The Kier molecular flexibility index (Phi) is 5.55. The topological polar surface area (TPSA) is 82.6 Å². The standard InChI is InChI=1S/C25H26N2O4/c1-15(2)12-20(28)22-23(18-13-26-19-10-6-5-9-17(18)19)27(25(30)24(22)29)14-16-8-4-7-11-21(16)31-3/h4-11,13,15,23,26,29H,12,14H2,1-3H3. The number of amides is 1. The van der Waals surface area contributed by atoms with Crippen molar-refractivity contribution in [3.8, 4) is 5.75 Å². The fourth-order valence-corrected chi connectivity index (χ4v) is 4.24. The number of H-pyrrole nitrogens is 1. The van der Waals surface area contributed by atoms with Crippen molar-refractivity contribution in [1.29, 1.82) is 0 Å². The number of rotatable bonds is 7. The summed E-state index contributed by atoms with van der Waals surface area (Å²) in [5.41, 5.74) is 2.66. The van der Waals surface area contributed by atoms with Gasteiger partial charge in [0.2, 0.25) is 0 Å². The van der Waals surface area contributed by atoms with Crippen molar-refractivity contribution in [2.75, 3.05) is 7.11 Å². The van der Waals surface area contributed by atoms with Gasteiger partial charge in [0.05, 0.1) is 25.3 Å². The summed E-state index contributed by atoms with van der Waals surface area (Å²) in [7, 11) is 1.58. The average molecular weight is 418 g/mol. The number of nitrogens with one attached hydrogen (secondary N) is 1. The molecule has 2 heterocycles. The van der Waals surface area contributed by atoms with Gasteiger partial charge in [0.1, 0.15) is 5.75 Å². The lowest BCUT2D eigenvalue weighted by atomic mass is 9.92. The Bertz CT molecular complexity index is 1170. The fraction of sp³-hybridized carbons (Fsp3) is 0.280. The Labute approximate surface area is 181 Å². The molecule has 1 aromatic heterocycles. The third kappa shape index (κ3) is 3.69. The average Bonchev–Trinajstić information content (AvgIpc) is 3.28. The van der Waals surface area contributed by atoms with Crippen LogP contribution in [0.15, 0.2) is 66.1 Å². The van der Waals surface area contributed by atoms with Crippen molar-refractivity contribution < 1.29 is 19.4 Å². The molecular weight excluding hydrogens is 392 g/mol. The quantitative estimate of drug-likeness (QED) is 0.583. The van der Waals surface area contributed by atoms with Crippen molar-refractivity contribution in [3.63, 3.8) is 0 Å². The first-order valence-electron chi connectivity index (χ1n) is 10.4. The van der Waals surface area contributed by atoms with E-state index in [1.807, 2.05) is 68.6 Å². The third-order valence-corrected chi connectivity index (χ3v) is 5.65. The minimum Gasteiger partial charge on any atom is -0.503 e. The summed E-state index contributed by atoms with van der Waals surface area (Å²) in [4.78, 5) is 31.1. The number of carbonyl (C=O) groups is 2. The van der Waals surface area contributed by atoms with Gasteiger partial charge in [-0.15, -0.1) is 0 Å². The maximum atomic E-state index is 13.2. The van der Waals surface area contributed by atoms with Crippen LogP contribution in [0, 0.1) is 5.92 Å². The molecule has 160 valence electrons. The molecule has 6 heteroatoms. The predicted molar refractivity (Wildman–Crippen MR) is 119 cm³/mol. The lowest BCUT2D eigenvalue weighted by Crippen LogP contribution is -2.30. The molecule has 1 aliphatic heterocycles. The van der Waals surface area contributed by atoms with Crippen LogP contribution in [0.5, 0.6) is 5.75 Å². The number of benzene rings is 2. The zero-order valence-electron chi connectivity index (χ0n) is 17.9. The van der Waals surface area contributed by atoms with Gasteiger partial charge in [-0.05, 0) is 18.1 Å². The minimum absolute atomic E-state index is 0.106. The van der Waals surface area contributed by atoms with Gasteiger partial charge in [-0.3, -0.25) is 9.59 Å². The molecule has 3 aromatic rings. The van der Waals surface area contributed by atoms with E-state index in [9.17, 15) is 14.7 Å². The first kappa shape index (κ1) is 20.7. The molecule has 4 rings (SSSR count). The van der Waals surface area contributed by atoms with Crippen LogP contribution in [-0.4, -0.2) is 33.8 Å². The molecule has 0 saturated heterocycles. The van der Waals surface area contributed by atoms with E-state index in [2.05, 4.69) is 4.98 Å². The number of nitrogens with zero attached hydrogens (tertiary/aromatic N) is 1. The normalized spacial score (nSPS) is 16.6. The number of aliphatic hydroxyl groups excluding tert-OH is 1. The smallest absolute Gasteiger partial charge is 0.290 e. The highest BCUT2D eigenvalue weighted by Gasteiger charge is 2.44. The van der Waals surface area contributed by atoms with E-state index in [4.69, 9.17) is 4.74 Å². The summed E-state index contributed by atoms with van der Waals surface area (Å²) in [6.45, 7) is 4.09. The maximum absolute atomic E-state index is 13.2. The zero-order chi connectivity index (χ0) is 22.1. The molecule has 2 N–H and O–H groups in total. The molecule has 0 bridgehead atoms. The lowest BCUT2D eigenvalue weighted by Gasteiger charge is -2.27. The second-order valence-corrected chi connectivity index (χ2v) is 8.22. The van der Waals surface area contributed by atoms with Crippen LogP contribution < -0.4 is 4.74 Å². The van der Waals surface area contributed by atoms with Crippen LogP contribution in [0.4, 0.5) is 0 Å². The number of hydrogen-bond donors (Lipinski definition) is 2. The van der Waals surface area contributed by atoms with E-state index >= 15 is 0 Å². The molecule has 31 heavy (non-hydrogen) atoms. The Morgan fingerprint density at radius 1 is 1.16 bits per heavy atom. The highest BCUT2D eigenvalue weighted by molar-refractivity contribution is 6.09. The second kappa shape index (κ2) is 8.30. The number of carbonyl (C=O) groups excluding carboxylic acids is 2. The largest absolute Gasteiger partial charge is 0.503 e. The monoisotopic (exact) mass is 418 g/mol. The number of aromatic nitrogens is 1. The van der Waals surface area contributed by atoms with Crippen molar-refractivity contribution >= 4 is 22.6 Å². The Balaban J connectivity index is 1.84. The summed E-state index contributed by atoms with van der Waals surface area (Å²) in [6.07, 6.45) is 2.08. The number of para-hydroxylation sites is 2. The molecule has 0 radical (unpaired) electrons. The molecule has 1 unspecified atom stereocenters. The summed E-state index contributed by atoms with van der Waals surface area (Å²) < 4.78 is 5.45. The van der Waals surface area contributed by atoms with Gasteiger partial charge in [0, 0.05) is 34.6 Å². The van der Waals surface area contributed by atoms with E-state index in [1.54, 1.807) is 12.0 Å². The Morgan fingerprint density at radius 3 is 2.61 bits per heavy atom. The van der Waals surface area contributed by atoms with Gasteiger partial charge in [-0.25, -0.2) is 0 Å². The number of methoxy groups -OCH3 is 1. The highest BCUT2D eigenvalue weighted by Crippen LogP contribution is 2.42. The van der Waals surface area contributed by atoms with Gasteiger partial charge in [0.25, 0.3) is 5.91 Å². The lowest BCUT2D eigenvalue weighted by molar-refractivity contribution is -0.130. The summed E-state index contributed by atoms with van der Waals surface area (Å²) in [5.74, 6) is -0.466. The van der Waals surface area contributed by atoms with E-state index in [0.717, 1.165) is 22.0 Å². The van der Waals surface area contributed by atoms with Crippen LogP contribution in [0.25, 0.3) is 10.9 Å². The number of aliphatic hydroxyl groups is 1. The van der Waals surface area contributed by atoms with E-state index in [1.165, 1.54) is 0 Å². The van der Waals surface area contributed by atoms with Gasteiger partial charge < -0.3 is 19.7 Å². The molecule has 6 nitrogen and oxygen atoms in total. The number of Topliss-reactive ketones (excluding diaryl/α,β-unsaturated/α-hetero) is 1. The van der Waals surface area contributed by atoms with E-state index in [0.29, 0.717) is 5.75 Å². The zero-order valence-corrected chi connectivity index (χ0v) is 17.9. The second-order valence-electron chi connectivity index (χ2n) is 8.22. The van der Waals surface area contributed by atoms with Crippen molar-refractivity contribution in [2.45, 2.75) is 32.9 Å². The van der Waals surface area contributed by atoms with Gasteiger partial charge >= 0.3 is 0 Å². The summed E-state index contributed by atoms with van der Waals surface area (Å²) in [6, 6.07) is 14.5. The van der Waals surface area contributed by atoms with Crippen molar-refractivity contribution in [2.24, 2.45) is 5.92 Å². The van der Waals surface area contributed by atoms with Gasteiger partial charge in [-0.2, -0.15) is 0 Å². The van der Waals surface area contributed by atoms with Crippen LogP contribution in [-0.2, 0) is 16.1 Å². The van der Waals surface area contributed by atoms with Crippen LogP contribution >= 0.6 is 0 Å². The Morgan fingerprint density at radius 2 is 1.87 bits per heavy atom. The first-order valence-corrected chi connectivity index (χ1v) is 10.4. The number of fused-ring (bicyclic) bond motifs is 1. The SMILES string of the molecule is COc1ccccc1CN1C(=O)C(O)=C(C(=O)CC(C)C)C1c1c[nH]c2ccccc12. The van der Waals surface area contributed by atoms with Crippen molar-refractivity contribution in [3.05, 3.63) is 77.2 Å². The highest BCUT2D eigenvalue weighted by atomic mass is 16.5. The minimum atomic E-state index is -0.681. The molecule has 0 fully saturated rings. The van der Waals surface area contributed by atoms with Crippen LogP contribution in [0.2, 0.25) is 0 Å². The summed E-state index contributed by atoms with van der Waals surface area (Å²) >= 11 is 0. The molecule has 2 aromatic carbocycles. The van der Waals surface area contributed by atoms with Gasteiger partial charge in [-0.1, -0.05) is 50.2 Å². The van der Waals surface area contributed by atoms with Crippen LogP contribution in [0.3, 0.4) is 0 Å². The number of hydrogen-bond acceptors (Lipinski definition) is 4. The van der Waals surface area contributed by atoms with E-state index < -0.39 is 17.7 Å². The Hall–Kier alpha value is -3.54. The molecule has 0 saturated carbocycles. The number of ether oxygens (including phenoxy) is 1. The third-order valence-electron chi connectivity index (χ3n) is 5.65. The fourth-order valence-electron chi connectivity index (χ4n) is 4.24. The molecule has 0 spiro atoms. The number of ketones is 1. The first-order chi connectivity index (χ1) is 14.9. The maximum Gasteiger partial charge on any atom is 0.290 e. The molecule has 1 atom stereocenters. The van der Waals surface area contributed by atoms with Gasteiger partial charge in [0.15, 0.2) is 11.5 Å². The van der Waals surface area contributed by atoms with Crippen LogP contribution in [0.1, 0.15) is 37.4 Å². The molecular formula is C25H26N2O4. The van der Waals surface area contributed by atoms with E-state index in [-0.39, 0.29) is 30.2 Å². The summed E-state index contributed by atoms with van der Waals surface area (Å²) in [5, 5.41) is 11.7. The van der Waals surface area contributed by atoms with Crippen molar-refractivity contribution in [1.82, 2.24) is 9.88 Å². The molecule has 0 aliphatic carbocycles.